The lowest BCUT2D eigenvalue weighted by Gasteiger charge is -2.33. The molecule has 0 aromatic heterocycles. The lowest BCUT2D eigenvalue weighted by molar-refractivity contribution is 0.0343. The van der Waals surface area contributed by atoms with E-state index >= 15 is 0 Å². The highest BCUT2D eigenvalue weighted by Crippen LogP contribution is 2.29. The van der Waals surface area contributed by atoms with Crippen molar-refractivity contribution in [3.8, 4) is 0 Å². The third-order valence-corrected chi connectivity index (χ3v) is 7.82. The fourth-order valence-electron chi connectivity index (χ4n) is 3.63. The highest BCUT2D eigenvalue weighted by molar-refractivity contribution is 7.89. The fourth-order valence-corrected chi connectivity index (χ4v) is 5.58. The van der Waals surface area contributed by atoms with Crippen molar-refractivity contribution in [1.29, 1.82) is 0 Å². The minimum atomic E-state index is -3.45. The largest absolute Gasteiger partial charge is 0.379 e. The molecule has 0 saturated carbocycles. The van der Waals surface area contributed by atoms with Crippen molar-refractivity contribution in [2.75, 3.05) is 45.9 Å². The second-order valence-electron chi connectivity index (χ2n) is 6.95. The first-order chi connectivity index (χ1) is 12.0. The van der Waals surface area contributed by atoms with E-state index in [0.29, 0.717) is 34.5 Å². The van der Waals surface area contributed by atoms with Crippen LogP contribution in [-0.2, 0) is 14.8 Å². The molecule has 3 rings (SSSR count). The number of morpholine rings is 1. The zero-order valence-electron chi connectivity index (χ0n) is 14.8. The maximum absolute atomic E-state index is 12.9. The minimum absolute atomic E-state index is 0.340. The molecule has 2 saturated heterocycles. The molecule has 0 spiro atoms. The molecule has 0 aliphatic carbocycles. The Labute approximate surface area is 155 Å². The Morgan fingerprint density at radius 1 is 1.16 bits per heavy atom. The summed E-state index contributed by atoms with van der Waals surface area (Å²) < 4.78 is 32.8. The molecule has 0 unspecified atom stereocenters. The summed E-state index contributed by atoms with van der Waals surface area (Å²) in [6.45, 7) is 7.75. The van der Waals surface area contributed by atoms with E-state index in [4.69, 9.17) is 16.3 Å². The van der Waals surface area contributed by atoms with Crippen LogP contribution in [0.5, 0.6) is 0 Å². The molecule has 0 N–H and O–H groups in total. The van der Waals surface area contributed by atoms with Crippen LogP contribution in [0.3, 0.4) is 0 Å². The monoisotopic (exact) mass is 386 g/mol. The highest BCUT2D eigenvalue weighted by Gasteiger charge is 2.30. The zero-order chi connectivity index (χ0) is 17.9. The van der Waals surface area contributed by atoms with Gasteiger partial charge in [-0.2, -0.15) is 4.31 Å². The normalized spacial score (nSPS) is 21.5. The van der Waals surface area contributed by atoms with Crippen LogP contribution in [0.15, 0.2) is 23.1 Å². The lowest BCUT2D eigenvalue weighted by Crippen LogP contribution is -2.41. The third kappa shape index (κ3) is 4.55. The Morgan fingerprint density at radius 3 is 2.52 bits per heavy atom. The first-order valence-electron chi connectivity index (χ1n) is 9.04. The second kappa shape index (κ2) is 8.35. The molecule has 2 aliphatic heterocycles. The summed E-state index contributed by atoms with van der Waals surface area (Å²) in [5.74, 6) is 0.606. The molecule has 7 heteroatoms. The number of nitrogens with zero attached hydrogens (tertiary/aromatic N) is 2. The van der Waals surface area contributed by atoms with Crippen LogP contribution in [0.25, 0.3) is 0 Å². The Hall–Kier alpha value is -0.660. The standard InChI is InChI=1S/C18H27ClN2O3S/c1-15-17(19)3-2-4-18(15)25(22,23)21-9-6-16(7-10-21)5-8-20-11-13-24-14-12-20/h2-4,16H,5-14H2,1H3. The average Bonchev–Trinajstić information content (AvgIpc) is 2.63. The SMILES string of the molecule is Cc1c(Cl)cccc1S(=O)(=O)N1CCC(CCN2CCOCC2)CC1. The van der Waals surface area contributed by atoms with Crippen molar-refractivity contribution < 1.29 is 13.2 Å². The number of hydrogen-bond acceptors (Lipinski definition) is 4. The van der Waals surface area contributed by atoms with E-state index in [-0.39, 0.29) is 0 Å². The smallest absolute Gasteiger partial charge is 0.243 e. The lowest BCUT2D eigenvalue weighted by atomic mass is 9.94. The van der Waals surface area contributed by atoms with Crippen molar-refractivity contribution in [1.82, 2.24) is 9.21 Å². The first-order valence-corrected chi connectivity index (χ1v) is 10.9. The summed E-state index contributed by atoms with van der Waals surface area (Å²) in [5, 5.41) is 0.501. The van der Waals surface area contributed by atoms with Gasteiger partial charge in [0.2, 0.25) is 10.0 Å². The average molecular weight is 387 g/mol. The first kappa shape index (κ1) is 19.1. The summed E-state index contributed by atoms with van der Waals surface area (Å²) >= 11 is 6.10. The summed E-state index contributed by atoms with van der Waals surface area (Å²) in [4.78, 5) is 2.79. The predicted octanol–water partition coefficient (Wildman–Crippen LogP) is 2.77. The van der Waals surface area contributed by atoms with E-state index in [0.717, 1.165) is 52.1 Å². The number of piperidine rings is 1. The van der Waals surface area contributed by atoms with E-state index in [1.165, 1.54) is 0 Å². The van der Waals surface area contributed by atoms with Crippen molar-refractivity contribution >= 4 is 21.6 Å². The Bertz CT molecular complexity index is 682. The molecule has 2 aliphatic rings. The minimum Gasteiger partial charge on any atom is -0.379 e. The van der Waals surface area contributed by atoms with E-state index in [1.54, 1.807) is 29.4 Å². The van der Waals surface area contributed by atoms with Crippen molar-refractivity contribution in [2.24, 2.45) is 5.92 Å². The molecule has 0 amide bonds. The van der Waals surface area contributed by atoms with Crippen LogP contribution in [0.2, 0.25) is 5.02 Å². The van der Waals surface area contributed by atoms with Gasteiger partial charge in [-0.05, 0) is 56.3 Å². The molecule has 0 bridgehead atoms. The van der Waals surface area contributed by atoms with Crippen molar-refractivity contribution in [3.63, 3.8) is 0 Å². The van der Waals surface area contributed by atoms with Gasteiger partial charge in [0.05, 0.1) is 18.1 Å². The van der Waals surface area contributed by atoms with E-state index < -0.39 is 10.0 Å². The number of halogens is 1. The van der Waals surface area contributed by atoms with Gasteiger partial charge < -0.3 is 4.74 Å². The molecule has 1 aromatic carbocycles. The Kier molecular flexibility index (Phi) is 6.39. The topological polar surface area (TPSA) is 49.9 Å². The molecule has 2 fully saturated rings. The third-order valence-electron chi connectivity index (χ3n) is 5.37. The van der Waals surface area contributed by atoms with Gasteiger partial charge in [-0.15, -0.1) is 0 Å². The van der Waals surface area contributed by atoms with Crippen LogP contribution in [0, 0.1) is 12.8 Å². The molecule has 140 valence electrons. The van der Waals surface area contributed by atoms with Crippen LogP contribution < -0.4 is 0 Å². The molecule has 25 heavy (non-hydrogen) atoms. The second-order valence-corrected chi connectivity index (χ2v) is 9.27. The summed E-state index contributed by atoms with van der Waals surface area (Å²) in [7, 11) is -3.45. The molecular formula is C18H27ClN2O3S. The molecule has 1 aromatic rings. The summed E-state index contributed by atoms with van der Waals surface area (Å²) in [6.07, 6.45) is 3.01. The van der Waals surface area contributed by atoms with E-state index in [9.17, 15) is 8.42 Å². The number of ether oxygens (including phenoxy) is 1. The quantitative estimate of drug-likeness (QED) is 0.780. The highest BCUT2D eigenvalue weighted by atomic mass is 35.5. The molecular weight excluding hydrogens is 360 g/mol. The summed E-state index contributed by atoms with van der Waals surface area (Å²) in [5.41, 5.74) is 0.638. The zero-order valence-corrected chi connectivity index (χ0v) is 16.4. The Balaban J connectivity index is 1.55. The van der Waals surface area contributed by atoms with Gasteiger partial charge in [0, 0.05) is 31.2 Å². The maximum Gasteiger partial charge on any atom is 0.243 e. The number of rotatable bonds is 5. The van der Waals surface area contributed by atoms with Gasteiger partial charge in [-0.25, -0.2) is 8.42 Å². The van der Waals surface area contributed by atoms with Crippen molar-refractivity contribution in [2.45, 2.75) is 31.1 Å². The van der Waals surface area contributed by atoms with E-state index in [2.05, 4.69) is 4.90 Å². The van der Waals surface area contributed by atoms with Gasteiger partial charge >= 0.3 is 0 Å². The van der Waals surface area contributed by atoms with Crippen molar-refractivity contribution in [3.05, 3.63) is 28.8 Å². The fraction of sp³-hybridized carbons (Fsp3) is 0.667. The van der Waals surface area contributed by atoms with Gasteiger partial charge in [-0.1, -0.05) is 17.7 Å². The molecule has 0 atom stereocenters. The van der Waals surface area contributed by atoms with Gasteiger partial charge in [-0.3, -0.25) is 4.90 Å². The Morgan fingerprint density at radius 2 is 1.84 bits per heavy atom. The van der Waals surface area contributed by atoms with Gasteiger partial charge in [0.1, 0.15) is 0 Å². The van der Waals surface area contributed by atoms with Crippen LogP contribution in [-0.4, -0.2) is 63.6 Å². The maximum atomic E-state index is 12.9. The van der Waals surface area contributed by atoms with Crippen LogP contribution in [0.4, 0.5) is 0 Å². The predicted molar refractivity (Wildman–Crippen MR) is 99.5 cm³/mol. The van der Waals surface area contributed by atoms with Gasteiger partial charge in [0.15, 0.2) is 0 Å². The molecule has 5 nitrogen and oxygen atoms in total. The van der Waals surface area contributed by atoms with Crippen LogP contribution in [0.1, 0.15) is 24.8 Å². The van der Waals surface area contributed by atoms with E-state index in [1.807, 2.05) is 0 Å². The number of sulfonamides is 1. The number of hydrogen-bond donors (Lipinski definition) is 0. The van der Waals surface area contributed by atoms with Gasteiger partial charge in [0.25, 0.3) is 0 Å². The summed E-state index contributed by atoms with van der Waals surface area (Å²) in [6, 6.07) is 5.09. The van der Waals surface area contributed by atoms with Crippen LogP contribution >= 0.6 is 11.6 Å². The molecule has 0 radical (unpaired) electrons. The number of benzene rings is 1. The molecule has 2 heterocycles.